The summed E-state index contributed by atoms with van der Waals surface area (Å²) in [4.78, 5) is 6.05. The summed E-state index contributed by atoms with van der Waals surface area (Å²) in [6, 6.07) is 3.72. The van der Waals surface area contributed by atoms with Crippen molar-refractivity contribution in [2.24, 2.45) is 7.05 Å². The molecule has 4 heterocycles. The van der Waals surface area contributed by atoms with E-state index in [9.17, 15) is 8.42 Å². The Kier molecular flexibility index (Phi) is 3.91. The van der Waals surface area contributed by atoms with Gasteiger partial charge in [-0.05, 0) is 25.0 Å². The van der Waals surface area contributed by atoms with Crippen LogP contribution < -0.4 is 4.90 Å². The molecule has 0 atom stereocenters. The molecule has 5 rings (SSSR count). The molecule has 1 saturated heterocycles. The van der Waals surface area contributed by atoms with Crippen LogP contribution >= 0.6 is 0 Å². The molecule has 1 saturated carbocycles. The highest BCUT2D eigenvalue weighted by molar-refractivity contribution is 7.89. The van der Waals surface area contributed by atoms with Crippen LogP contribution in [0.1, 0.15) is 31.0 Å². The van der Waals surface area contributed by atoms with Gasteiger partial charge in [0, 0.05) is 39.3 Å². The first-order valence-corrected chi connectivity index (χ1v) is 10.8. The number of imidazole rings is 1. The lowest BCUT2D eigenvalue weighted by atomic mass is 9.85. The number of rotatable bonds is 5. The van der Waals surface area contributed by atoms with Gasteiger partial charge in [-0.2, -0.15) is 8.82 Å². The zero-order valence-corrected chi connectivity index (χ0v) is 16.6. The number of aromatic nitrogens is 6. The summed E-state index contributed by atoms with van der Waals surface area (Å²) >= 11 is 0. The van der Waals surface area contributed by atoms with Gasteiger partial charge in [0.15, 0.2) is 16.5 Å². The van der Waals surface area contributed by atoms with Crippen LogP contribution in [0.3, 0.4) is 0 Å². The van der Waals surface area contributed by atoms with E-state index in [1.165, 1.54) is 23.3 Å². The Bertz CT molecular complexity index is 1130. The van der Waals surface area contributed by atoms with Gasteiger partial charge in [0.1, 0.15) is 5.82 Å². The van der Waals surface area contributed by atoms with E-state index in [2.05, 4.69) is 20.1 Å². The summed E-state index contributed by atoms with van der Waals surface area (Å²) in [5.74, 6) is 2.18. The van der Waals surface area contributed by atoms with Gasteiger partial charge in [0.2, 0.25) is 0 Å². The maximum Gasteiger partial charge on any atom is 0.262 e. The van der Waals surface area contributed by atoms with Gasteiger partial charge in [0.05, 0.1) is 12.4 Å². The molecule has 148 valence electrons. The van der Waals surface area contributed by atoms with Crippen molar-refractivity contribution in [2.75, 3.05) is 25.0 Å². The van der Waals surface area contributed by atoms with Crippen molar-refractivity contribution in [3.63, 3.8) is 0 Å². The molecule has 0 bridgehead atoms. The zero-order valence-electron chi connectivity index (χ0n) is 15.8. The number of sulfonamides is 1. The molecule has 3 aromatic heterocycles. The number of fused-ring (bicyclic) bond motifs is 1. The Labute approximate surface area is 162 Å². The van der Waals surface area contributed by atoms with E-state index in [0.717, 1.165) is 30.1 Å². The molecule has 1 aliphatic carbocycles. The minimum atomic E-state index is -3.59. The van der Waals surface area contributed by atoms with Crippen molar-refractivity contribution in [1.29, 1.82) is 0 Å². The summed E-state index contributed by atoms with van der Waals surface area (Å²) in [7, 11) is -0.234. The van der Waals surface area contributed by atoms with E-state index in [0.29, 0.717) is 19.0 Å². The number of hydrogen-bond donors (Lipinski definition) is 0. The van der Waals surface area contributed by atoms with Crippen molar-refractivity contribution in [1.82, 2.24) is 33.7 Å². The third-order valence-corrected chi connectivity index (χ3v) is 7.56. The molecule has 0 N–H and O–H groups in total. The molecular formula is C17H22N8O2S. The predicted octanol–water partition coefficient (Wildman–Crippen LogP) is 0.635. The maximum atomic E-state index is 12.7. The fourth-order valence-electron chi connectivity index (χ4n) is 3.62. The smallest absolute Gasteiger partial charge is 0.262 e. The normalized spacial score (nSPS) is 18.6. The minimum absolute atomic E-state index is 0.0742. The highest BCUT2D eigenvalue weighted by Crippen LogP contribution is 2.35. The zero-order chi connectivity index (χ0) is 19.5. The van der Waals surface area contributed by atoms with Crippen LogP contribution in [-0.4, -0.2) is 68.3 Å². The molecule has 0 amide bonds. The summed E-state index contributed by atoms with van der Waals surface area (Å²) < 4.78 is 30.3. The molecule has 10 nitrogen and oxygen atoms in total. The predicted molar refractivity (Wildman–Crippen MR) is 102 cm³/mol. The molecule has 0 spiro atoms. The van der Waals surface area contributed by atoms with E-state index < -0.39 is 10.0 Å². The number of likely N-dealkylation sites (N-methyl/N-ethyl adjacent to an activating group) is 1. The molecule has 3 aromatic rings. The van der Waals surface area contributed by atoms with Gasteiger partial charge in [-0.3, -0.25) is 0 Å². The largest absolute Gasteiger partial charge is 0.352 e. The van der Waals surface area contributed by atoms with Crippen LogP contribution in [0.2, 0.25) is 0 Å². The van der Waals surface area contributed by atoms with E-state index >= 15 is 0 Å². The maximum absolute atomic E-state index is 12.7. The molecule has 2 fully saturated rings. The molecular weight excluding hydrogens is 380 g/mol. The van der Waals surface area contributed by atoms with Crippen LogP contribution in [0, 0.1) is 0 Å². The number of hydrogen-bond acceptors (Lipinski definition) is 7. The average molecular weight is 402 g/mol. The third kappa shape index (κ3) is 2.68. The SMILES string of the molecule is CN(C1CN(c2ccc3nnc(C4CCC4)n3n2)C1)S(=O)(=O)c1cn(C)cn1. The van der Waals surface area contributed by atoms with Crippen LogP contribution in [0.4, 0.5) is 5.82 Å². The van der Waals surface area contributed by atoms with Crippen molar-refractivity contribution >= 4 is 21.5 Å². The molecule has 1 aliphatic heterocycles. The summed E-state index contributed by atoms with van der Waals surface area (Å²) in [6.07, 6.45) is 6.51. The molecule has 11 heteroatoms. The fourth-order valence-corrected chi connectivity index (χ4v) is 4.92. The molecule has 0 aromatic carbocycles. The summed E-state index contributed by atoms with van der Waals surface area (Å²) in [5.41, 5.74) is 0.748. The van der Waals surface area contributed by atoms with E-state index in [-0.39, 0.29) is 11.1 Å². The van der Waals surface area contributed by atoms with Gasteiger partial charge in [-0.25, -0.2) is 13.4 Å². The van der Waals surface area contributed by atoms with Crippen LogP contribution in [0.5, 0.6) is 0 Å². The first kappa shape index (κ1) is 17.6. The lowest BCUT2D eigenvalue weighted by molar-refractivity contribution is 0.308. The first-order chi connectivity index (χ1) is 13.4. The van der Waals surface area contributed by atoms with Crippen molar-refractivity contribution < 1.29 is 8.42 Å². The first-order valence-electron chi connectivity index (χ1n) is 9.37. The minimum Gasteiger partial charge on any atom is -0.352 e. The second-order valence-corrected chi connectivity index (χ2v) is 9.55. The van der Waals surface area contributed by atoms with Crippen LogP contribution in [0.25, 0.3) is 5.65 Å². The Balaban J connectivity index is 1.32. The fraction of sp³-hybridized carbons (Fsp3) is 0.529. The molecule has 28 heavy (non-hydrogen) atoms. The Morgan fingerprint density at radius 1 is 1.18 bits per heavy atom. The van der Waals surface area contributed by atoms with Crippen molar-refractivity contribution in [3.8, 4) is 0 Å². The van der Waals surface area contributed by atoms with Gasteiger partial charge < -0.3 is 9.47 Å². The second kappa shape index (κ2) is 6.24. The van der Waals surface area contributed by atoms with E-state index in [1.807, 2.05) is 16.6 Å². The van der Waals surface area contributed by atoms with Gasteiger partial charge in [-0.15, -0.1) is 15.3 Å². The van der Waals surface area contributed by atoms with E-state index in [4.69, 9.17) is 5.10 Å². The van der Waals surface area contributed by atoms with Crippen LogP contribution in [-0.2, 0) is 17.1 Å². The number of nitrogens with zero attached hydrogens (tertiary/aromatic N) is 8. The molecule has 2 aliphatic rings. The van der Waals surface area contributed by atoms with Gasteiger partial charge in [-0.1, -0.05) is 6.42 Å². The summed E-state index contributed by atoms with van der Waals surface area (Å²) in [5, 5.41) is 13.3. The van der Waals surface area contributed by atoms with Crippen LogP contribution in [0.15, 0.2) is 29.7 Å². The second-order valence-electron chi connectivity index (χ2n) is 7.60. The third-order valence-electron chi connectivity index (χ3n) is 5.77. The van der Waals surface area contributed by atoms with Crippen molar-refractivity contribution in [2.45, 2.75) is 36.2 Å². The Morgan fingerprint density at radius 2 is 1.96 bits per heavy atom. The van der Waals surface area contributed by atoms with Crippen molar-refractivity contribution in [3.05, 3.63) is 30.5 Å². The summed E-state index contributed by atoms with van der Waals surface area (Å²) in [6.45, 7) is 1.17. The Morgan fingerprint density at radius 3 is 2.61 bits per heavy atom. The van der Waals surface area contributed by atoms with Gasteiger partial charge >= 0.3 is 0 Å². The number of anilines is 1. The highest BCUT2D eigenvalue weighted by atomic mass is 32.2. The molecule has 0 unspecified atom stereocenters. The lowest BCUT2D eigenvalue weighted by Gasteiger charge is -2.43. The molecule has 0 radical (unpaired) electrons. The number of aryl methyl sites for hydroxylation is 1. The van der Waals surface area contributed by atoms with Gasteiger partial charge in [0.25, 0.3) is 10.0 Å². The lowest BCUT2D eigenvalue weighted by Crippen LogP contribution is -2.60. The standard InChI is InChI=1S/C17H22N8O2S/c1-22-10-16(18-11-22)28(26,27)23(2)13-8-24(9-13)15-7-6-14-19-20-17(25(14)21-15)12-4-3-5-12/h6-7,10-13H,3-5,8-9H2,1-2H3. The Hall–Kier alpha value is -2.53. The quantitative estimate of drug-likeness (QED) is 0.617. The average Bonchev–Trinajstić information content (AvgIpc) is 3.19. The highest BCUT2D eigenvalue weighted by Gasteiger charge is 2.38. The topological polar surface area (TPSA) is 102 Å². The van der Waals surface area contributed by atoms with E-state index in [1.54, 1.807) is 18.7 Å². The monoisotopic (exact) mass is 402 g/mol.